The van der Waals surface area contributed by atoms with Gasteiger partial charge in [-0.25, -0.2) is 0 Å². The fourth-order valence-electron chi connectivity index (χ4n) is 2.91. The van der Waals surface area contributed by atoms with Crippen molar-refractivity contribution in [1.82, 2.24) is 4.90 Å². The van der Waals surface area contributed by atoms with E-state index in [1.165, 1.54) is 0 Å². The molecule has 1 N–H and O–H groups in total. The van der Waals surface area contributed by atoms with Gasteiger partial charge in [-0.15, -0.1) is 0 Å². The van der Waals surface area contributed by atoms with E-state index < -0.39 is 5.97 Å². The Morgan fingerprint density at radius 1 is 1.36 bits per heavy atom. The van der Waals surface area contributed by atoms with E-state index in [1.807, 2.05) is 18.2 Å². The SMILES string of the molecule is O=C(O)C1CCCN(CCCOc2ccc3c(c2)OCO3)C1. The lowest BCUT2D eigenvalue weighted by atomic mass is 9.98. The highest BCUT2D eigenvalue weighted by molar-refractivity contribution is 5.70. The van der Waals surface area contributed by atoms with Crippen LogP contribution in [0, 0.1) is 5.92 Å². The van der Waals surface area contributed by atoms with Crippen molar-refractivity contribution in [2.24, 2.45) is 5.92 Å². The summed E-state index contributed by atoms with van der Waals surface area (Å²) in [6, 6.07) is 5.55. The Kier molecular flexibility index (Phi) is 4.68. The van der Waals surface area contributed by atoms with Crippen molar-refractivity contribution in [2.75, 3.05) is 33.0 Å². The molecule has 0 aliphatic carbocycles. The van der Waals surface area contributed by atoms with Crippen molar-refractivity contribution in [3.8, 4) is 17.2 Å². The zero-order chi connectivity index (χ0) is 15.4. The number of nitrogens with zero attached hydrogens (tertiary/aromatic N) is 1. The molecule has 0 radical (unpaired) electrons. The van der Waals surface area contributed by atoms with Gasteiger partial charge in [-0.1, -0.05) is 0 Å². The number of fused-ring (bicyclic) bond motifs is 1. The van der Waals surface area contributed by atoms with E-state index in [4.69, 9.17) is 19.3 Å². The number of benzene rings is 1. The van der Waals surface area contributed by atoms with Gasteiger partial charge >= 0.3 is 5.97 Å². The fourth-order valence-corrected chi connectivity index (χ4v) is 2.91. The van der Waals surface area contributed by atoms with Crippen LogP contribution in [-0.2, 0) is 4.79 Å². The molecule has 1 fully saturated rings. The van der Waals surface area contributed by atoms with Crippen molar-refractivity contribution in [1.29, 1.82) is 0 Å². The second-order valence-corrected chi connectivity index (χ2v) is 5.70. The van der Waals surface area contributed by atoms with Crippen LogP contribution in [0.15, 0.2) is 18.2 Å². The Labute approximate surface area is 129 Å². The number of carboxylic acid groups (broad SMARTS) is 1. The first-order chi connectivity index (χ1) is 10.7. The first kappa shape index (κ1) is 15.0. The summed E-state index contributed by atoms with van der Waals surface area (Å²) in [7, 11) is 0. The number of ether oxygens (including phenoxy) is 3. The number of rotatable bonds is 6. The molecule has 1 unspecified atom stereocenters. The maximum Gasteiger partial charge on any atom is 0.307 e. The number of likely N-dealkylation sites (tertiary alicyclic amines) is 1. The smallest absolute Gasteiger partial charge is 0.307 e. The Hall–Kier alpha value is -1.95. The maximum absolute atomic E-state index is 11.0. The predicted octanol–water partition coefficient (Wildman–Crippen LogP) is 1.98. The van der Waals surface area contributed by atoms with E-state index in [2.05, 4.69) is 4.90 Å². The van der Waals surface area contributed by atoms with Crippen LogP contribution in [0.5, 0.6) is 17.2 Å². The predicted molar refractivity (Wildman–Crippen MR) is 79.5 cm³/mol. The van der Waals surface area contributed by atoms with Crippen LogP contribution in [0.2, 0.25) is 0 Å². The number of carbonyl (C=O) groups is 1. The number of piperidine rings is 1. The number of hydrogen-bond acceptors (Lipinski definition) is 5. The van der Waals surface area contributed by atoms with E-state index in [-0.39, 0.29) is 12.7 Å². The Morgan fingerprint density at radius 3 is 3.09 bits per heavy atom. The summed E-state index contributed by atoms with van der Waals surface area (Å²) in [6.45, 7) is 3.37. The molecule has 6 heteroatoms. The average molecular weight is 307 g/mol. The third-order valence-corrected chi connectivity index (χ3v) is 4.09. The van der Waals surface area contributed by atoms with Crippen LogP contribution in [0.25, 0.3) is 0 Å². The molecule has 120 valence electrons. The van der Waals surface area contributed by atoms with Gasteiger partial charge in [0.15, 0.2) is 11.5 Å². The molecule has 0 amide bonds. The van der Waals surface area contributed by atoms with Crippen molar-refractivity contribution >= 4 is 5.97 Å². The lowest BCUT2D eigenvalue weighted by Gasteiger charge is -2.30. The van der Waals surface area contributed by atoms with Crippen LogP contribution in [0.1, 0.15) is 19.3 Å². The standard InChI is InChI=1S/C16H21NO5/c18-16(19)12-3-1-6-17(10-12)7-2-8-20-13-4-5-14-15(9-13)22-11-21-14/h4-5,9,12H,1-3,6-8,10-11H2,(H,18,19). The second kappa shape index (κ2) is 6.87. The normalized spacial score (nSPS) is 20.8. The van der Waals surface area contributed by atoms with Crippen LogP contribution in [0.3, 0.4) is 0 Å². The topological polar surface area (TPSA) is 68.2 Å². The summed E-state index contributed by atoms with van der Waals surface area (Å²) in [5, 5.41) is 9.08. The lowest BCUT2D eigenvalue weighted by Crippen LogP contribution is -2.39. The number of aliphatic carboxylic acids is 1. The van der Waals surface area contributed by atoms with Crippen LogP contribution >= 0.6 is 0 Å². The molecule has 2 aliphatic rings. The molecule has 0 spiro atoms. The molecule has 2 aliphatic heterocycles. The minimum atomic E-state index is -0.679. The van der Waals surface area contributed by atoms with Crippen molar-refractivity contribution in [3.63, 3.8) is 0 Å². The molecule has 1 atom stereocenters. The lowest BCUT2D eigenvalue weighted by molar-refractivity contribution is -0.143. The Morgan fingerprint density at radius 2 is 2.23 bits per heavy atom. The van der Waals surface area contributed by atoms with Gasteiger partial charge in [0.25, 0.3) is 0 Å². The molecule has 2 heterocycles. The summed E-state index contributed by atoms with van der Waals surface area (Å²) >= 11 is 0. The first-order valence-corrected chi connectivity index (χ1v) is 7.70. The molecule has 0 aromatic heterocycles. The highest BCUT2D eigenvalue weighted by Crippen LogP contribution is 2.35. The molecule has 1 aromatic carbocycles. The number of carboxylic acids is 1. The summed E-state index contributed by atoms with van der Waals surface area (Å²) in [5.41, 5.74) is 0. The van der Waals surface area contributed by atoms with Crippen LogP contribution in [0.4, 0.5) is 0 Å². The van der Waals surface area contributed by atoms with E-state index in [1.54, 1.807) is 0 Å². The molecule has 3 rings (SSSR count). The summed E-state index contributed by atoms with van der Waals surface area (Å²) in [4.78, 5) is 13.2. The van der Waals surface area contributed by atoms with Crippen LogP contribution in [-0.4, -0.2) is 49.0 Å². The molecule has 22 heavy (non-hydrogen) atoms. The van der Waals surface area contributed by atoms with E-state index in [9.17, 15) is 4.79 Å². The molecule has 0 bridgehead atoms. The van der Waals surface area contributed by atoms with Crippen molar-refractivity contribution in [3.05, 3.63) is 18.2 Å². The maximum atomic E-state index is 11.0. The van der Waals surface area contributed by atoms with Gasteiger partial charge in [0.05, 0.1) is 12.5 Å². The van der Waals surface area contributed by atoms with Gasteiger partial charge in [-0.2, -0.15) is 0 Å². The quantitative estimate of drug-likeness (QED) is 0.811. The first-order valence-electron chi connectivity index (χ1n) is 7.70. The van der Waals surface area contributed by atoms with Gasteiger partial charge in [0, 0.05) is 19.2 Å². The zero-order valence-corrected chi connectivity index (χ0v) is 12.5. The molecule has 1 saturated heterocycles. The van der Waals surface area contributed by atoms with Gasteiger partial charge in [-0.3, -0.25) is 4.79 Å². The largest absolute Gasteiger partial charge is 0.493 e. The number of hydrogen-bond donors (Lipinski definition) is 1. The van der Waals surface area contributed by atoms with Gasteiger partial charge in [-0.05, 0) is 37.9 Å². The van der Waals surface area contributed by atoms with E-state index >= 15 is 0 Å². The summed E-state index contributed by atoms with van der Waals surface area (Å²) in [5.74, 6) is 1.34. The Bertz CT molecular complexity index is 533. The minimum absolute atomic E-state index is 0.219. The van der Waals surface area contributed by atoms with Gasteiger partial charge < -0.3 is 24.2 Å². The molecule has 6 nitrogen and oxygen atoms in total. The molecular weight excluding hydrogens is 286 g/mol. The van der Waals surface area contributed by atoms with Crippen LogP contribution < -0.4 is 14.2 Å². The van der Waals surface area contributed by atoms with E-state index in [0.29, 0.717) is 13.2 Å². The summed E-state index contributed by atoms with van der Waals surface area (Å²) < 4.78 is 16.3. The van der Waals surface area contributed by atoms with Crippen molar-refractivity contribution in [2.45, 2.75) is 19.3 Å². The average Bonchev–Trinajstić information content (AvgIpc) is 2.99. The van der Waals surface area contributed by atoms with E-state index in [0.717, 1.165) is 49.6 Å². The van der Waals surface area contributed by atoms with Gasteiger partial charge in [0.2, 0.25) is 6.79 Å². The third kappa shape index (κ3) is 3.62. The molecule has 1 aromatic rings. The van der Waals surface area contributed by atoms with Gasteiger partial charge in [0.1, 0.15) is 5.75 Å². The molecular formula is C16H21NO5. The monoisotopic (exact) mass is 307 g/mol. The highest BCUT2D eigenvalue weighted by atomic mass is 16.7. The Balaban J connectivity index is 1.39. The van der Waals surface area contributed by atoms with Crippen molar-refractivity contribution < 1.29 is 24.1 Å². The fraction of sp³-hybridized carbons (Fsp3) is 0.562. The highest BCUT2D eigenvalue weighted by Gasteiger charge is 2.24. The zero-order valence-electron chi connectivity index (χ0n) is 12.5. The molecule has 0 saturated carbocycles. The second-order valence-electron chi connectivity index (χ2n) is 5.70. The minimum Gasteiger partial charge on any atom is -0.493 e. The third-order valence-electron chi connectivity index (χ3n) is 4.09. The summed E-state index contributed by atoms with van der Waals surface area (Å²) in [6.07, 6.45) is 2.63.